The second kappa shape index (κ2) is 5.74. The van der Waals surface area contributed by atoms with E-state index in [1.807, 2.05) is 6.08 Å². The van der Waals surface area contributed by atoms with Crippen molar-refractivity contribution in [1.82, 2.24) is 3.97 Å². The van der Waals surface area contributed by atoms with Crippen molar-refractivity contribution < 1.29 is 36.0 Å². The number of hydrogen-bond donors (Lipinski definition) is 3. The van der Waals surface area contributed by atoms with Crippen LogP contribution in [0.1, 0.15) is 22.5 Å². The van der Waals surface area contributed by atoms with Gasteiger partial charge in [-0.1, -0.05) is 0 Å². The van der Waals surface area contributed by atoms with E-state index in [0.717, 1.165) is 18.7 Å². The van der Waals surface area contributed by atoms with Gasteiger partial charge in [0, 0.05) is 18.2 Å². The number of halogens is 1. The van der Waals surface area contributed by atoms with Gasteiger partial charge in [-0.25, -0.2) is 13.9 Å². The molecule has 0 aromatic carbocycles. The maximum atomic E-state index is 11.3. The average molecular weight is 308 g/mol. The third kappa shape index (κ3) is 3.16. The molecule has 0 unspecified atom stereocenters. The molecular weight excluding hydrogens is 294 g/mol. The Labute approximate surface area is 116 Å². The standard InChI is InChI=1S/C10H13N3O4S.ClH/c11-18(16,17)13-6-3-8(9(13)10(14)15)7-1-4-12-5-2-7;/h1,3,6,12H,2,4-5H2,(H,14,15)(H2,11,16,17);1H. The van der Waals surface area contributed by atoms with Crippen LogP contribution in [0.25, 0.3) is 5.57 Å². The van der Waals surface area contributed by atoms with Gasteiger partial charge in [0.1, 0.15) is 5.69 Å². The Kier molecular flexibility index (Phi) is 4.75. The molecule has 0 aliphatic carbocycles. The third-order valence-corrected chi connectivity index (χ3v) is 3.68. The van der Waals surface area contributed by atoms with Gasteiger partial charge < -0.3 is 22.8 Å². The van der Waals surface area contributed by atoms with Gasteiger partial charge in [-0.15, -0.1) is 0 Å². The van der Waals surface area contributed by atoms with E-state index in [9.17, 15) is 13.2 Å². The second-order valence-corrected chi connectivity index (χ2v) is 5.44. The van der Waals surface area contributed by atoms with Crippen LogP contribution in [0.3, 0.4) is 0 Å². The summed E-state index contributed by atoms with van der Waals surface area (Å²) in [5.74, 6) is -1.31. The molecule has 0 amide bonds. The van der Waals surface area contributed by atoms with Gasteiger partial charge in [-0.3, -0.25) is 0 Å². The van der Waals surface area contributed by atoms with Crippen LogP contribution in [0.2, 0.25) is 0 Å². The molecule has 2 rings (SSSR count). The topological polar surface area (TPSA) is 119 Å². The molecule has 0 atom stereocenters. The number of carbonyl (C=O) groups is 1. The minimum Gasteiger partial charge on any atom is -1.00 e. The molecule has 5 N–H and O–H groups in total. The molecule has 19 heavy (non-hydrogen) atoms. The zero-order chi connectivity index (χ0) is 13.3. The van der Waals surface area contributed by atoms with E-state index in [1.165, 1.54) is 12.3 Å². The van der Waals surface area contributed by atoms with Crippen LogP contribution in [0.5, 0.6) is 0 Å². The monoisotopic (exact) mass is 307 g/mol. The first-order chi connectivity index (χ1) is 8.41. The summed E-state index contributed by atoms with van der Waals surface area (Å²) in [5.41, 5.74) is 0.965. The van der Waals surface area contributed by atoms with Gasteiger partial charge >= 0.3 is 16.2 Å². The first-order valence-electron chi connectivity index (χ1n) is 5.40. The van der Waals surface area contributed by atoms with E-state index in [0.29, 0.717) is 16.0 Å². The number of carboxylic acid groups (broad SMARTS) is 1. The fourth-order valence-corrected chi connectivity index (χ4v) is 2.70. The summed E-state index contributed by atoms with van der Waals surface area (Å²) in [6.45, 7) is 1.61. The van der Waals surface area contributed by atoms with E-state index < -0.39 is 16.2 Å². The van der Waals surface area contributed by atoms with Crippen molar-refractivity contribution in [3.8, 4) is 0 Å². The molecule has 1 aromatic rings. The van der Waals surface area contributed by atoms with Gasteiger partial charge in [0.25, 0.3) is 0 Å². The van der Waals surface area contributed by atoms with Gasteiger partial charge in [0.15, 0.2) is 0 Å². The summed E-state index contributed by atoms with van der Waals surface area (Å²) in [4.78, 5) is 11.2. The van der Waals surface area contributed by atoms with Crippen LogP contribution >= 0.6 is 0 Å². The fourth-order valence-electron chi connectivity index (χ4n) is 2.04. The highest BCUT2D eigenvalue weighted by molar-refractivity contribution is 7.87. The lowest BCUT2D eigenvalue weighted by atomic mass is 10.0. The van der Waals surface area contributed by atoms with Crippen molar-refractivity contribution >= 4 is 21.8 Å². The van der Waals surface area contributed by atoms with E-state index >= 15 is 0 Å². The first kappa shape index (κ1) is 15.7. The van der Waals surface area contributed by atoms with Crippen LogP contribution in [0.4, 0.5) is 0 Å². The lowest BCUT2D eigenvalue weighted by molar-refractivity contribution is -0.646. The molecule has 7 nitrogen and oxygen atoms in total. The summed E-state index contributed by atoms with van der Waals surface area (Å²) >= 11 is 0. The predicted molar refractivity (Wildman–Crippen MR) is 64.1 cm³/mol. The molecule has 1 aromatic heterocycles. The molecule has 2 heterocycles. The van der Waals surface area contributed by atoms with Crippen molar-refractivity contribution in [3.05, 3.63) is 29.6 Å². The van der Waals surface area contributed by atoms with E-state index in [1.54, 1.807) is 0 Å². The quantitative estimate of drug-likeness (QED) is 0.522. The van der Waals surface area contributed by atoms with Crippen LogP contribution in [0.15, 0.2) is 18.3 Å². The van der Waals surface area contributed by atoms with Gasteiger partial charge in [-0.2, -0.15) is 8.42 Å². The van der Waals surface area contributed by atoms with Crippen molar-refractivity contribution in [2.24, 2.45) is 5.14 Å². The number of nitrogens with zero attached hydrogens (tertiary/aromatic N) is 1. The van der Waals surface area contributed by atoms with Gasteiger partial charge in [-0.05, 0) is 17.7 Å². The molecule has 1 aliphatic rings. The maximum absolute atomic E-state index is 11.3. The lowest BCUT2D eigenvalue weighted by Gasteiger charge is -2.12. The number of nitrogens with two attached hydrogens (primary N) is 2. The van der Waals surface area contributed by atoms with Gasteiger partial charge in [0.2, 0.25) is 0 Å². The largest absolute Gasteiger partial charge is 1.00 e. The molecule has 1 aliphatic heterocycles. The van der Waals surface area contributed by atoms with Crippen molar-refractivity contribution in [3.63, 3.8) is 0 Å². The van der Waals surface area contributed by atoms with Crippen LogP contribution in [-0.4, -0.2) is 36.6 Å². The zero-order valence-electron chi connectivity index (χ0n) is 9.91. The van der Waals surface area contributed by atoms with E-state index in [4.69, 9.17) is 10.2 Å². The Hall–Kier alpha value is -1.35. The van der Waals surface area contributed by atoms with Crippen molar-refractivity contribution in [2.45, 2.75) is 6.42 Å². The zero-order valence-corrected chi connectivity index (χ0v) is 11.5. The number of aromatic nitrogens is 1. The summed E-state index contributed by atoms with van der Waals surface area (Å²) in [6, 6.07) is 1.48. The molecule has 106 valence electrons. The Balaban J connectivity index is 0.00000180. The molecular formula is C10H14ClN3O4S. The smallest absolute Gasteiger partial charge is 0.354 e. The highest BCUT2D eigenvalue weighted by Crippen LogP contribution is 2.24. The molecule has 0 bridgehead atoms. The highest BCUT2D eigenvalue weighted by atomic mass is 35.5. The maximum Gasteiger partial charge on any atom is 0.354 e. The SMILES string of the molecule is NS(=O)(=O)n1ccc(C2=CC[NH2+]CC2)c1C(=O)O.[Cl-]. The number of carboxylic acids is 1. The number of hydrogen-bond acceptors (Lipinski definition) is 3. The Morgan fingerprint density at radius 2 is 2.16 bits per heavy atom. The Morgan fingerprint density at radius 1 is 1.47 bits per heavy atom. The molecule has 0 saturated heterocycles. The van der Waals surface area contributed by atoms with Gasteiger partial charge in [0.05, 0.1) is 13.1 Å². The number of aromatic carboxylic acids is 1. The minimum absolute atomic E-state index is 0. The second-order valence-electron chi connectivity index (χ2n) is 4.02. The highest BCUT2D eigenvalue weighted by Gasteiger charge is 2.24. The average Bonchev–Trinajstić information content (AvgIpc) is 2.74. The molecule has 9 heteroatoms. The normalized spacial score (nSPS) is 15.5. The summed E-state index contributed by atoms with van der Waals surface area (Å²) in [5, 5.41) is 16.2. The summed E-state index contributed by atoms with van der Waals surface area (Å²) in [7, 11) is -4.10. The van der Waals surface area contributed by atoms with Crippen LogP contribution < -0.4 is 22.9 Å². The van der Waals surface area contributed by atoms with Crippen molar-refractivity contribution in [2.75, 3.05) is 13.1 Å². The molecule has 0 radical (unpaired) electrons. The lowest BCUT2D eigenvalue weighted by Crippen LogP contribution is -3.00. The van der Waals surface area contributed by atoms with Crippen LogP contribution in [-0.2, 0) is 10.2 Å². The summed E-state index contributed by atoms with van der Waals surface area (Å²) < 4.78 is 23.2. The molecule has 0 spiro atoms. The Bertz CT molecular complexity index is 621. The first-order valence-corrected chi connectivity index (χ1v) is 6.90. The third-order valence-electron chi connectivity index (χ3n) is 2.82. The number of rotatable bonds is 3. The number of quaternary nitrogens is 1. The summed E-state index contributed by atoms with van der Waals surface area (Å²) in [6.07, 6.45) is 3.78. The van der Waals surface area contributed by atoms with E-state index in [-0.39, 0.29) is 18.1 Å². The predicted octanol–water partition coefficient (Wildman–Crippen LogP) is -4.41. The fraction of sp³-hybridized carbons (Fsp3) is 0.300. The Morgan fingerprint density at radius 3 is 2.63 bits per heavy atom. The minimum atomic E-state index is -4.10. The van der Waals surface area contributed by atoms with Crippen LogP contribution in [0, 0.1) is 0 Å². The van der Waals surface area contributed by atoms with E-state index in [2.05, 4.69) is 5.32 Å². The molecule has 0 fully saturated rings. The van der Waals surface area contributed by atoms with Crippen molar-refractivity contribution in [1.29, 1.82) is 0 Å². The molecule has 0 saturated carbocycles.